The normalized spacial score (nSPS) is 10.8. The summed E-state index contributed by atoms with van der Waals surface area (Å²) in [7, 11) is 0. The Morgan fingerprint density at radius 2 is 1.94 bits per heavy atom. The third kappa shape index (κ3) is 6.32. The fraction of sp³-hybridized carbons (Fsp3) is 0.167. The summed E-state index contributed by atoms with van der Waals surface area (Å²) in [5.41, 5.74) is 5.72. The predicted octanol–water partition coefficient (Wildman–Crippen LogP) is 6.15. The van der Waals surface area contributed by atoms with E-state index >= 15 is 0 Å². The van der Waals surface area contributed by atoms with Crippen LogP contribution in [0.3, 0.4) is 0 Å². The summed E-state index contributed by atoms with van der Waals surface area (Å²) in [6.07, 6.45) is 1.55. The standard InChI is InChI=1S/C24H22BrClN2O3/c1-3-30-22-13-17(14-27-28-24(29)18-9-6-7-16(2)11-18)12-20(25)23(22)31-15-19-8-4-5-10-21(19)26/h4-14H,3,15H2,1-2H3,(H,28,29)/b27-14+. The van der Waals surface area contributed by atoms with E-state index in [4.69, 9.17) is 21.1 Å². The Morgan fingerprint density at radius 1 is 1.13 bits per heavy atom. The molecule has 1 N–H and O–H groups in total. The van der Waals surface area contributed by atoms with Crippen LogP contribution in [0, 0.1) is 6.92 Å². The number of nitrogens with one attached hydrogen (secondary N) is 1. The third-order valence-corrected chi connectivity index (χ3v) is 5.28. The van der Waals surface area contributed by atoms with Gasteiger partial charge in [-0.2, -0.15) is 5.10 Å². The monoisotopic (exact) mass is 500 g/mol. The van der Waals surface area contributed by atoms with E-state index in [0.29, 0.717) is 39.8 Å². The maximum Gasteiger partial charge on any atom is 0.271 e. The van der Waals surface area contributed by atoms with Crippen molar-refractivity contribution < 1.29 is 14.3 Å². The molecule has 0 bridgehead atoms. The van der Waals surface area contributed by atoms with Gasteiger partial charge in [0.2, 0.25) is 0 Å². The van der Waals surface area contributed by atoms with Crippen LogP contribution in [0.4, 0.5) is 0 Å². The fourth-order valence-electron chi connectivity index (χ4n) is 2.85. The third-order valence-electron chi connectivity index (χ3n) is 4.32. The number of rotatable bonds is 8. The lowest BCUT2D eigenvalue weighted by Gasteiger charge is -2.15. The van der Waals surface area contributed by atoms with Crippen LogP contribution in [0.25, 0.3) is 0 Å². The SMILES string of the molecule is CCOc1cc(/C=N/NC(=O)c2cccc(C)c2)cc(Br)c1OCc1ccccc1Cl. The molecule has 0 aliphatic heterocycles. The van der Waals surface area contributed by atoms with Gasteiger partial charge in [0.15, 0.2) is 11.5 Å². The minimum Gasteiger partial charge on any atom is -0.490 e. The highest BCUT2D eigenvalue weighted by atomic mass is 79.9. The van der Waals surface area contributed by atoms with Crippen molar-refractivity contribution in [3.05, 3.63) is 92.4 Å². The van der Waals surface area contributed by atoms with Gasteiger partial charge in [0.25, 0.3) is 5.91 Å². The van der Waals surface area contributed by atoms with Gasteiger partial charge in [-0.1, -0.05) is 47.5 Å². The average molecular weight is 502 g/mol. The van der Waals surface area contributed by atoms with Gasteiger partial charge in [0.1, 0.15) is 6.61 Å². The van der Waals surface area contributed by atoms with Crippen molar-refractivity contribution in [1.29, 1.82) is 0 Å². The van der Waals surface area contributed by atoms with Crippen LogP contribution in [0.2, 0.25) is 5.02 Å². The van der Waals surface area contributed by atoms with E-state index in [9.17, 15) is 4.79 Å². The van der Waals surface area contributed by atoms with E-state index in [2.05, 4.69) is 26.5 Å². The van der Waals surface area contributed by atoms with E-state index in [1.807, 2.05) is 56.3 Å². The molecule has 3 aromatic rings. The lowest BCUT2D eigenvalue weighted by molar-refractivity contribution is 0.0955. The van der Waals surface area contributed by atoms with E-state index < -0.39 is 0 Å². The van der Waals surface area contributed by atoms with Crippen LogP contribution in [-0.4, -0.2) is 18.7 Å². The number of carbonyl (C=O) groups excluding carboxylic acids is 1. The zero-order valence-corrected chi connectivity index (χ0v) is 19.5. The van der Waals surface area contributed by atoms with Crippen molar-refractivity contribution in [3.63, 3.8) is 0 Å². The molecule has 5 nitrogen and oxygen atoms in total. The Bertz CT molecular complexity index is 1100. The number of benzene rings is 3. The Balaban J connectivity index is 1.73. The number of nitrogens with zero attached hydrogens (tertiary/aromatic N) is 1. The number of ether oxygens (including phenoxy) is 2. The molecule has 0 spiro atoms. The van der Waals surface area contributed by atoms with Crippen molar-refractivity contribution in [1.82, 2.24) is 5.43 Å². The maximum atomic E-state index is 12.2. The Hall–Kier alpha value is -2.83. The number of halogens is 2. The number of carbonyl (C=O) groups is 1. The zero-order chi connectivity index (χ0) is 22.2. The van der Waals surface area contributed by atoms with Gasteiger partial charge in [-0.15, -0.1) is 0 Å². The van der Waals surface area contributed by atoms with Gasteiger partial charge in [-0.25, -0.2) is 5.43 Å². The number of hydrazone groups is 1. The van der Waals surface area contributed by atoms with E-state index in [1.54, 1.807) is 24.4 Å². The van der Waals surface area contributed by atoms with Crippen molar-refractivity contribution >= 4 is 39.7 Å². The number of hydrogen-bond acceptors (Lipinski definition) is 4. The van der Waals surface area contributed by atoms with Gasteiger partial charge in [-0.3, -0.25) is 4.79 Å². The molecular formula is C24H22BrClN2O3. The van der Waals surface area contributed by atoms with Gasteiger partial charge >= 0.3 is 0 Å². The van der Waals surface area contributed by atoms with E-state index in [1.165, 1.54) is 0 Å². The van der Waals surface area contributed by atoms with Gasteiger partial charge in [-0.05, 0) is 65.7 Å². The van der Waals surface area contributed by atoms with Crippen molar-refractivity contribution in [2.45, 2.75) is 20.5 Å². The predicted molar refractivity (Wildman–Crippen MR) is 127 cm³/mol. The molecule has 0 heterocycles. The summed E-state index contributed by atoms with van der Waals surface area (Å²) in [6.45, 7) is 4.61. The van der Waals surface area contributed by atoms with E-state index in [0.717, 1.165) is 16.7 Å². The maximum absolute atomic E-state index is 12.2. The first kappa shape index (κ1) is 22.8. The molecule has 0 aliphatic rings. The second-order valence-corrected chi connectivity index (χ2v) is 7.97. The molecule has 0 fully saturated rings. The lowest BCUT2D eigenvalue weighted by atomic mass is 10.1. The van der Waals surface area contributed by atoms with Crippen LogP contribution in [0.15, 0.2) is 70.2 Å². The van der Waals surface area contributed by atoms with Gasteiger partial charge in [0.05, 0.1) is 17.3 Å². The molecule has 0 radical (unpaired) electrons. The highest BCUT2D eigenvalue weighted by molar-refractivity contribution is 9.10. The molecule has 0 unspecified atom stereocenters. The quantitative estimate of drug-likeness (QED) is 0.297. The molecule has 160 valence electrons. The fourth-order valence-corrected chi connectivity index (χ4v) is 3.61. The molecule has 31 heavy (non-hydrogen) atoms. The smallest absolute Gasteiger partial charge is 0.271 e. The molecule has 0 aromatic heterocycles. The van der Waals surface area contributed by atoms with Crippen LogP contribution in [0.1, 0.15) is 34.0 Å². The molecule has 0 saturated carbocycles. The summed E-state index contributed by atoms with van der Waals surface area (Å²) in [4.78, 5) is 12.2. The molecule has 0 aliphatic carbocycles. The van der Waals surface area contributed by atoms with Crippen molar-refractivity contribution in [3.8, 4) is 11.5 Å². The van der Waals surface area contributed by atoms with Crippen LogP contribution in [0.5, 0.6) is 11.5 Å². The largest absolute Gasteiger partial charge is 0.490 e. The second-order valence-electron chi connectivity index (χ2n) is 6.71. The minimum absolute atomic E-state index is 0.274. The van der Waals surface area contributed by atoms with Gasteiger partial charge in [0, 0.05) is 16.1 Å². The Morgan fingerprint density at radius 3 is 2.68 bits per heavy atom. The average Bonchev–Trinajstić information content (AvgIpc) is 2.74. The summed E-state index contributed by atoms with van der Waals surface area (Å²) in [5, 5.41) is 4.71. The summed E-state index contributed by atoms with van der Waals surface area (Å²) in [5.74, 6) is 0.863. The number of amides is 1. The Labute approximate surface area is 195 Å². The van der Waals surface area contributed by atoms with Crippen molar-refractivity contribution in [2.24, 2.45) is 5.10 Å². The molecule has 1 amide bonds. The summed E-state index contributed by atoms with van der Waals surface area (Å²) < 4.78 is 12.4. The lowest BCUT2D eigenvalue weighted by Crippen LogP contribution is -2.17. The highest BCUT2D eigenvalue weighted by Crippen LogP contribution is 2.37. The number of hydrogen-bond donors (Lipinski definition) is 1. The zero-order valence-electron chi connectivity index (χ0n) is 17.2. The minimum atomic E-state index is -0.274. The van der Waals surface area contributed by atoms with Crippen molar-refractivity contribution in [2.75, 3.05) is 6.61 Å². The molecule has 0 saturated heterocycles. The second kappa shape index (κ2) is 11.0. The summed E-state index contributed by atoms with van der Waals surface area (Å²) in [6, 6.07) is 18.5. The van der Waals surface area contributed by atoms with Crippen LogP contribution < -0.4 is 14.9 Å². The summed E-state index contributed by atoms with van der Waals surface area (Å²) >= 11 is 9.76. The van der Waals surface area contributed by atoms with Gasteiger partial charge < -0.3 is 9.47 Å². The number of aryl methyl sites for hydroxylation is 1. The molecule has 3 aromatic carbocycles. The van der Waals surface area contributed by atoms with Crippen LogP contribution >= 0.6 is 27.5 Å². The Kier molecular flexibility index (Phi) is 8.09. The topological polar surface area (TPSA) is 59.9 Å². The van der Waals surface area contributed by atoms with E-state index in [-0.39, 0.29) is 5.91 Å². The highest BCUT2D eigenvalue weighted by Gasteiger charge is 2.13. The molecule has 7 heteroatoms. The first-order valence-corrected chi connectivity index (χ1v) is 10.9. The van der Waals surface area contributed by atoms with Crippen LogP contribution in [-0.2, 0) is 6.61 Å². The first-order valence-electron chi connectivity index (χ1n) is 9.70. The molecule has 0 atom stereocenters. The molecular weight excluding hydrogens is 480 g/mol. The molecule has 3 rings (SSSR count). The first-order chi connectivity index (χ1) is 15.0.